The van der Waals surface area contributed by atoms with Crippen molar-refractivity contribution in [3.05, 3.63) is 59.4 Å². The number of carbonyl (C=O) groups is 1. The van der Waals surface area contributed by atoms with Crippen molar-refractivity contribution in [2.75, 3.05) is 0 Å². The summed E-state index contributed by atoms with van der Waals surface area (Å²) in [4.78, 5) is 19.3. The first kappa shape index (κ1) is 12.6. The first-order valence-electron chi connectivity index (χ1n) is 5.91. The molecule has 0 saturated carbocycles. The van der Waals surface area contributed by atoms with Crippen LogP contribution in [0.25, 0.3) is 22.2 Å². The molecule has 5 heteroatoms. The molecule has 0 aliphatic carbocycles. The molecule has 3 rings (SSSR count). The Bertz CT molecular complexity index is 804. The number of rotatable bonds is 2. The van der Waals surface area contributed by atoms with Gasteiger partial charge in [-0.25, -0.2) is 14.8 Å². The maximum atomic E-state index is 11.1. The molecule has 98 valence electrons. The normalized spacial score (nSPS) is 10.7. The van der Waals surface area contributed by atoms with E-state index in [1.165, 1.54) is 0 Å². The Kier molecular flexibility index (Phi) is 3.08. The average molecular weight is 285 g/mol. The lowest BCUT2D eigenvalue weighted by atomic mass is 10.1. The van der Waals surface area contributed by atoms with E-state index in [0.29, 0.717) is 16.2 Å². The predicted molar refractivity (Wildman–Crippen MR) is 76.9 cm³/mol. The maximum Gasteiger partial charge on any atom is 0.373 e. The molecule has 1 heterocycles. The van der Waals surface area contributed by atoms with Gasteiger partial charge in [0.1, 0.15) is 0 Å². The van der Waals surface area contributed by atoms with Gasteiger partial charge in [-0.1, -0.05) is 41.9 Å². The van der Waals surface area contributed by atoms with Gasteiger partial charge in [0.2, 0.25) is 5.82 Å². The molecule has 0 amide bonds. The number of carboxylic acid groups (broad SMARTS) is 1. The highest BCUT2D eigenvalue weighted by Crippen LogP contribution is 2.28. The highest BCUT2D eigenvalue weighted by molar-refractivity contribution is 6.31. The fraction of sp³-hybridized carbons (Fsp3) is 0. The van der Waals surface area contributed by atoms with Crippen LogP contribution in [0.5, 0.6) is 0 Å². The standard InChI is InChI=1S/C15H9ClN2O2/c16-10-6-7-12-11(8-10)13(9-4-2-1-3-5-9)18-14(17-12)15(19)20/h1-8H,(H,19,20). The summed E-state index contributed by atoms with van der Waals surface area (Å²) in [5.74, 6) is -1.38. The smallest absolute Gasteiger partial charge is 0.373 e. The molecule has 4 nitrogen and oxygen atoms in total. The molecule has 0 unspecified atom stereocenters. The quantitative estimate of drug-likeness (QED) is 0.780. The third-order valence-electron chi connectivity index (χ3n) is 2.90. The van der Waals surface area contributed by atoms with Crippen LogP contribution in [0.3, 0.4) is 0 Å². The fourth-order valence-corrected chi connectivity index (χ4v) is 2.18. The highest BCUT2D eigenvalue weighted by atomic mass is 35.5. The molecule has 0 radical (unpaired) electrons. The highest BCUT2D eigenvalue weighted by Gasteiger charge is 2.14. The van der Waals surface area contributed by atoms with E-state index in [2.05, 4.69) is 9.97 Å². The van der Waals surface area contributed by atoms with Crippen LogP contribution < -0.4 is 0 Å². The molecule has 3 aromatic rings. The van der Waals surface area contributed by atoms with E-state index in [1.807, 2.05) is 30.3 Å². The van der Waals surface area contributed by atoms with Gasteiger partial charge in [-0.3, -0.25) is 0 Å². The molecule has 20 heavy (non-hydrogen) atoms. The summed E-state index contributed by atoms with van der Waals surface area (Å²) in [6.07, 6.45) is 0. The third kappa shape index (κ3) is 2.21. The summed E-state index contributed by atoms with van der Waals surface area (Å²) in [6.45, 7) is 0. The van der Waals surface area contributed by atoms with Crippen molar-refractivity contribution in [1.82, 2.24) is 9.97 Å². The first-order chi connectivity index (χ1) is 9.65. The van der Waals surface area contributed by atoms with Crippen LogP contribution in [0.15, 0.2) is 48.5 Å². The Morgan fingerprint density at radius 3 is 2.50 bits per heavy atom. The molecule has 1 N–H and O–H groups in total. The summed E-state index contributed by atoms with van der Waals surface area (Å²) in [5.41, 5.74) is 1.95. The second kappa shape index (κ2) is 4.90. The van der Waals surface area contributed by atoms with E-state index in [-0.39, 0.29) is 5.82 Å². The van der Waals surface area contributed by atoms with E-state index < -0.39 is 5.97 Å². The summed E-state index contributed by atoms with van der Waals surface area (Å²) in [7, 11) is 0. The Balaban J connectivity index is 2.38. The van der Waals surface area contributed by atoms with E-state index >= 15 is 0 Å². The predicted octanol–water partition coefficient (Wildman–Crippen LogP) is 3.65. The SMILES string of the molecule is O=C(O)c1nc(-c2ccccc2)c2cc(Cl)ccc2n1. The fourth-order valence-electron chi connectivity index (χ4n) is 2.01. The van der Waals surface area contributed by atoms with Crippen LogP contribution in [-0.2, 0) is 0 Å². The van der Waals surface area contributed by atoms with Crippen LogP contribution in [-0.4, -0.2) is 21.0 Å². The molecule has 0 spiro atoms. The lowest BCUT2D eigenvalue weighted by Crippen LogP contribution is -2.05. The number of halogens is 1. The number of carboxylic acids is 1. The van der Waals surface area contributed by atoms with Crippen molar-refractivity contribution < 1.29 is 9.90 Å². The second-order valence-corrected chi connectivity index (χ2v) is 4.66. The van der Waals surface area contributed by atoms with Crippen molar-refractivity contribution in [2.24, 2.45) is 0 Å². The van der Waals surface area contributed by atoms with Gasteiger partial charge in [-0.2, -0.15) is 0 Å². The van der Waals surface area contributed by atoms with Crippen molar-refractivity contribution in [3.8, 4) is 11.3 Å². The Morgan fingerprint density at radius 1 is 1.05 bits per heavy atom. The minimum atomic E-state index is -1.15. The third-order valence-corrected chi connectivity index (χ3v) is 3.13. The number of benzene rings is 2. The van der Waals surface area contributed by atoms with Crippen molar-refractivity contribution in [3.63, 3.8) is 0 Å². The Morgan fingerprint density at radius 2 is 1.80 bits per heavy atom. The monoisotopic (exact) mass is 284 g/mol. The van der Waals surface area contributed by atoms with Gasteiger partial charge in [-0.15, -0.1) is 0 Å². The number of hydrogen-bond acceptors (Lipinski definition) is 3. The number of fused-ring (bicyclic) bond motifs is 1. The second-order valence-electron chi connectivity index (χ2n) is 4.23. The van der Waals surface area contributed by atoms with Crippen LogP contribution in [0.1, 0.15) is 10.6 Å². The van der Waals surface area contributed by atoms with Gasteiger partial charge < -0.3 is 5.11 Å². The van der Waals surface area contributed by atoms with Gasteiger partial charge in [-0.05, 0) is 18.2 Å². The van der Waals surface area contributed by atoms with Crippen LogP contribution in [0.2, 0.25) is 5.02 Å². The zero-order valence-electron chi connectivity index (χ0n) is 10.2. The summed E-state index contributed by atoms with van der Waals surface area (Å²) in [5, 5.41) is 10.4. The minimum absolute atomic E-state index is 0.223. The molecular formula is C15H9ClN2O2. The van der Waals surface area contributed by atoms with E-state index in [4.69, 9.17) is 16.7 Å². The van der Waals surface area contributed by atoms with Gasteiger partial charge in [0.15, 0.2) is 0 Å². The molecule has 0 aliphatic rings. The van der Waals surface area contributed by atoms with Gasteiger partial charge in [0.25, 0.3) is 0 Å². The molecule has 0 fully saturated rings. The molecule has 0 aliphatic heterocycles. The van der Waals surface area contributed by atoms with Crippen LogP contribution in [0.4, 0.5) is 0 Å². The number of aromatic carboxylic acids is 1. The molecule has 0 bridgehead atoms. The zero-order chi connectivity index (χ0) is 14.1. The van der Waals surface area contributed by atoms with Crippen molar-refractivity contribution in [1.29, 1.82) is 0 Å². The molecular weight excluding hydrogens is 276 g/mol. The summed E-state index contributed by atoms with van der Waals surface area (Å²) < 4.78 is 0. The van der Waals surface area contributed by atoms with Gasteiger partial charge >= 0.3 is 5.97 Å². The van der Waals surface area contributed by atoms with E-state index in [9.17, 15) is 4.79 Å². The average Bonchev–Trinajstić information content (AvgIpc) is 2.47. The summed E-state index contributed by atoms with van der Waals surface area (Å²) >= 11 is 6.01. The van der Waals surface area contributed by atoms with Crippen molar-refractivity contribution >= 4 is 28.5 Å². The first-order valence-corrected chi connectivity index (χ1v) is 6.29. The molecule has 0 saturated heterocycles. The number of hydrogen-bond donors (Lipinski definition) is 1. The lowest BCUT2D eigenvalue weighted by Gasteiger charge is -2.07. The van der Waals surface area contributed by atoms with Gasteiger partial charge in [0, 0.05) is 16.0 Å². The molecule has 2 aromatic carbocycles. The Labute approximate surface area is 119 Å². The van der Waals surface area contributed by atoms with Crippen molar-refractivity contribution in [2.45, 2.75) is 0 Å². The van der Waals surface area contributed by atoms with Gasteiger partial charge in [0.05, 0.1) is 11.2 Å². The van der Waals surface area contributed by atoms with E-state index in [1.54, 1.807) is 18.2 Å². The number of nitrogens with zero attached hydrogens (tertiary/aromatic N) is 2. The summed E-state index contributed by atoms with van der Waals surface area (Å²) in [6, 6.07) is 14.5. The lowest BCUT2D eigenvalue weighted by molar-refractivity contribution is 0.0684. The zero-order valence-corrected chi connectivity index (χ0v) is 11.0. The van der Waals surface area contributed by atoms with E-state index in [0.717, 1.165) is 10.9 Å². The molecule has 0 atom stereocenters. The maximum absolute atomic E-state index is 11.1. The van der Waals surface area contributed by atoms with Crippen LogP contribution in [0, 0.1) is 0 Å². The largest absolute Gasteiger partial charge is 0.475 e. The Hall–Kier alpha value is -2.46. The number of aromatic nitrogens is 2. The minimum Gasteiger partial charge on any atom is -0.475 e. The topological polar surface area (TPSA) is 63.1 Å². The van der Waals surface area contributed by atoms with Crippen LogP contribution >= 0.6 is 11.6 Å². The molecule has 1 aromatic heterocycles.